The second kappa shape index (κ2) is 8.87. The number of nitrogens with zero attached hydrogens (tertiary/aromatic N) is 3. The normalized spacial score (nSPS) is 16.7. The average Bonchev–Trinajstić information content (AvgIpc) is 3.39. The lowest BCUT2D eigenvalue weighted by molar-refractivity contribution is 0.247. The second-order valence-electron chi connectivity index (χ2n) is 7.21. The Kier molecular flexibility index (Phi) is 5.86. The molecule has 150 valence electrons. The number of aryl methyl sites for hydroxylation is 1. The van der Waals surface area contributed by atoms with Crippen LogP contribution in [0.15, 0.2) is 59.1 Å². The number of hydrogen-bond acceptors (Lipinski definition) is 5. The average molecular weight is 391 g/mol. The molecule has 1 aliphatic rings. The van der Waals surface area contributed by atoms with Crippen LogP contribution >= 0.6 is 0 Å². The molecule has 0 saturated carbocycles. The lowest BCUT2D eigenvalue weighted by atomic mass is 10.1. The van der Waals surface area contributed by atoms with Gasteiger partial charge in [-0.1, -0.05) is 48.5 Å². The van der Waals surface area contributed by atoms with Crippen molar-refractivity contribution in [3.8, 4) is 11.5 Å². The van der Waals surface area contributed by atoms with Crippen LogP contribution in [0.5, 0.6) is 0 Å². The lowest BCUT2D eigenvalue weighted by Crippen LogP contribution is -2.39. The second-order valence-corrected chi connectivity index (χ2v) is 7.21. The van der Waals surface area contributed by atoms with Gasteiger partial charge in [0.25, 0.3) is 5.89 Å². The first-order valence-corrected chi connectivity index (χ1v) is 9.97. The van der Waals surface area contributed by atoms with E-state index in [0.717, 1.165) is 42.7 Å². The summed E-state index contributed by atoms with van der Waals surface area (Å²) in [5.74, 6) is 1.19. The van der Waals surface area contributed by atoms with E-state index in [1.807, 2.05) is 54.6 Å². The summed E-state index contributed by atoms with van der Waals surface area (Å²) in [6.45, 7) is 4.33. The van der Waals surface area contributed by atoms with Gasteiger partial charge in [-0.15, -0.1) is 0 Å². The van der Waals surface area contributed by atoms with Gasteiger partial charge < -0.3 is 15.2 Å². The fourth-order valence-corrected chi connectivity index (χ4v) is 3.60. The van der Waals surface area contributed by atoms with Crippen LogP contribution in [0, 0.1) is 0 Å². The predicted molar refractivity (Wildman–Crippen MR) is 111 cm³/mol. The maximum atomic E-state index is 12.4. The van der Waals surface area contributed by atoms with E-state index in [4.69, 9.17) is 4.52 Å². The number of likely N-dealkylation sites (tertiary alicyclic amines) is 1. The first-order chi connectivity index (χ1) is 14.2. The van der Waals surface area contributed by atoms with Gasteiger partial charge in [-0.25, -0.2) is 4.79 Å². The highest BCUT2D eigenvalue weighted by molar-refractivity contribution is 5.90. The molecule has 7 heteroatoms. The van der Waals surface area contributed by atoms with Gasteiger partial charge in [-0.05, 0) is 36.6 Å². The van der Waals surface area contributed by atoms with Crippen molar-refractivity contribution < 1.29 is 9.32 Å². The van der Waals surface area contributed by atoms with E-state index in [1.165, 1.54) is 0 Å². The number of amides is 2. The lowest BCUT2D eigenvalue weighted by Gasteiger charge is -2.16. The van der Waals surface area contributed by atoms with E-state index < -0.39 is 0 Å². The Bertz CT molecular complexity index is 957. The van der Waals surface area contributed by atoms with Crippen molar-refractivity contribution in [2.45, 2.75) is 32.4 Å². The van der Waals surface area contributed by atoms with Gasteiger partial charge in [0.15, 0.2) is 5.82 Å². The number of para-hydroxylation sites is 1. The molecule has 1 atom stereocenters. The maximum Gasteiger partial charge on any atom is 0.319 e. The van der Waals surface area contributed by atoms with E-state index in [2.05, 4.69) is 32.6 Å². The number of rotatable bonds is 6. The quantitative estimate of drug-likeness (QED) is 0.669. The Morgan fingerprint density at radius 1 is 1.17 bits per heavy atom. The molecule has 1 saturated heterocycles. The van der Waals surface area contributed by atoms with Gasteiger partial charge in [0.2, 0.25) is 0 Å². The van der Waals surface area contributed by atoms with Crippen LogP contribution in [0.1, 0.15) is 24.7 Å². The highest BCUT2D eigenvalue weighted by atomic mass is 16.5. The van der Waals surface area contributed by atoms with Crippen LogP contribution in [-0.2, 0) is 13.0 Å². The zero-order chi connectivity index (χ0) is 20.1. The minimum absolute atomic E-state index is 0.101. The minimum atomic E-state index is -0.163. The molecule has 1 aliphatic heterocycles. The molecule has 0 aliphatic carbocycles. The molecule has 29 heavy (non-hydrogen) atoms. The number of carbonyl (C=O) groups is 1. The summed E-state index contributed by atoms with van der Waals surface area (Å²) in [6.07, 6.45) is 1.77. The van der Waals surface area contributed by atoms with E-state index in [0.29, 0.717) is 18.3 Å². The Morgan fingerprint density at radius 3 is 2.79 bits per heavy atom. The first-order valence-electron chi connectivity index (χ1n) is 9.97. The molecule has 7 nitrogen and oxygen atoms in total. The smallest absolute Gasteiger partial charge is 0.319 e. The topological polar surface area (TPSA) is 83.3 Å². The first kappa shape index (κ1) is 19.1. The molecular weight excluding hydrogens is 366 g/mol. The van der Waals surface area contributed by atoms with Crippen LogP contribution in [0.2, 0.25) is 0 Å². The molecule has 0 radical (unpaired) electrons. The van der Waals surface area contributed by atoms with Crippen LogP contribution in [0.3, 0.4) is 0 Å². The fraction of sp³-hybridized carbons (Fsp3) is 0.318. The summed E-state index contributed by atoms with van der Waals surface area (Å²) in [5, 5.41) is 10.1. The van der Waals surface area contributed by atoms with Crippen molar-refractivity contribution in [1.82, 2.24) is 20.4 Å². The van der Waals surface area contributed by atoms with Crippen LogP contribution in [0.4, 0.5) is 10.5 Å². The number of nitrogens with one attached hydrogen (secondary N) is 2. The van der Waals surface area contributed by atoms with Gasteiger partial charge in [0.05, 0.1) is 6.54 Å². The number of hydrogen-bond donors (Lipinski definition) is 2. The van der Waals surface area contributed by atoms with Crippen molar-refractivity contribution in [3.05, 3.63) is 66.0 Å². The van der Waals surface area contributed by atoms with E-state index in [9.17, 15) is 4.79 Å². The molecule has 0 spiro atoms. The molecule has 1 aromatic heterocycles. The van der Waals surface area contributed by atoms with Gasteiger partial charge in [-0.3, -0.25) is 4.90 Å². The third-order valence-electron chi connectivity index (χ3n) is 5.11. The van der Waals surface area contributed by atoms with Gasteiger partial charge >= 0.3 is 6.03 Å². The molecule has 3 aromatic rings. The molecule has 2 amide bonds. The SMILES string of the molecule is CCc1ccccc1NC(=O)N[C@H]1CCN(Cc2noc(-c3ccccc3)n2)C1. The molecule has 1 fully saturated rings. The van der Waals surface area contributed by atoms with Crippen LogP contribution in [0.25, 0.3) is 11.5 Å². The third kappa shape index (κ3) is 4.81. The summed E-state index contributed by atoms with van der Waals surface area (Å²) >= 11 is 0. The molecule has 0 bridgehead atoms. The third-order valence-corrected chi connectivity index (χ3v) is 5.11. The summed E-state index contributed by atoms with van der Waals surface area (Å²) < 4.78 is 5.37. The van der Waals surface area contributed by atoms with Crippen molar-refractivity contribution >= 4 is 11.7 Å². The van der Waals surface area contributed by atoms with Crippen molar-refractivity contribution in [1.29, 1.82) is 0 Å². The monoisotopic (exact) mass is 391 g/mol. The maximum absolute atomic E-state index is 12.4. The van der Waals surface area contributed by atoms with Gasteiger partial charge in [0.1, 0.15) is 0 Å². The molecular formula is C22H25N5O2. The largest absolute Gasteiger partial charge is 0.334 e. The number of benzene rings is 2. The highest BCUT2D eigenvalue weighted by Crippen LogP contribution is 2.19. The molecule has 2 aromatic carbocycles. The van der Waals surface area contributed by atoms with E-state index >= 15 is 0 Å². The number of urea groups is 1. The zero-order valence-electron chi connectivity index (χ0n) is 16.5. The predicted octanol–water partition coefficient (Wildman–Crippen LogP) is 3.70. The molecule has 2 heterocycles. The minimum Gasteiger partial charge on any atom is -0.334 e. The van der Waals surface area contributed by atoms with Crippen LogP contribution < -0.4 is 10.6 Å². The summed E-state index contributed by atoms with van der Waals surface area (Å²) in [6, 6.07) is 17.5. The van der Waals surface area contributed by atoms with E-state index in [1.54, 1.807) is 0 Å². The number of anilines is 1. The van der Waals surface area contributed by atoms with Gasteiger partial charge in [-0.2, -0.15) is 4.98 Å². The van der Waals surface area contributed by atoms with Crippen LogP contribution in [-0.4, -0.2) is 40.2 Å². The summed E-state index contributed by atoms with van der Waals surface area (Å²) in [7, 11) is 0. The standard InChI is InChI=1S/C22H25N5O2/c1-2-16-8-6-7-11-19(16)24-22(28)23-18-12-13-27(14-18)15-20-25-21(29-26-20)17-9-4-3-5-10-17/h3-11,18H,2,12-15H2,1H3,(H2,23,24,28)/t18-/m0/s1. The number of carbonyl (C=O) groups excluding carboxylic acids is 1. The Morgan fingerprint density at radius 2 is 1.97 bits per heavy atom. The van der Waals surface area contributed by atoms with Gasteiger partial charge in [0, 0.05) is 30.4 Å². The van der Waals surface area contributed by atoms with Crippen molar-refractivity contribution in [3.63, 3.8) is 0 Å². The molecule has 2 N–H and O–H groups in total. The zero-order valence-corrected chi connectivity index (χ0v) is 16.5. The van der Waals surface area contributed by atoms with Crippen molar-refractivity contribution in [2.75, 3.05) is 18.4 Å². The molecule has 4 rings (SSSR count). The summed E-state index contributed by atoms with van der Waals surface area (Å²) in [4.78, 5) is 19.1. The molecule has 0 unspecified atom stereocenters. The Balaban J connectivity index is 1.28. The Hall–Kier alpha value is -3.19. The summed E-state index contributed by atoms with van der Waals surface area (Å²) in [5.41, 5.74) is 2.90. The van der Waals surface area contributed by atoms with Crippen molar-refractivity contribution in [2.24, 2.45) is 0 Å². The van der Waals surface area contributed by atoms with E-state index in [-0.39, 0.29) is 12.1 Å². The fourth-order valence-electron chi connectivity index (χ4n) is 3.60. The Labute approximate surface area is 170 Å². The number of aromatic nitrogens is 2. The highest BCUT2D eigenvalue weighted by Gasteiger charge is 2.25.